The van der Waals surface area contributed by atoms with Gasteiger partial charge in [-0.2, -0.15) is 0 Å². The second-order valence-corrected chi connectivity index (χ2v) is 9.47. The van der Waals surface area contributed by atoms with E-state index < -0.39 is 0 Å². The van der Waals surface area contributed by atoms with E-state index in [4.69, 9.17) is 6.42 Å². The van der Waals surface area contributed by atoms with Gasteiger partial charge in [0.25, 0.3) is 5.91 Å². The molecule has 2 atom stereocenters. The molecule has 6 heteroatoms. The number of Topliss-reactive ketones (excluding diaryl/α,β-unsaturated/α-hetero) is 1. The molecule has 1 aromatic heterocycles. The SMILES string of the molecule is C#CC(=O)N[C@H]1CCC[C@H]1Nc1ncc2cc(-c3cc(C(=O)CC4CC4)ccc3C)ccc2n1. The van der Waals surface area contributed by atoms with Crippen molar-refractivity contribution in [2.24, 2.45) is 5.92 Å². The highest BCUT2D eigenvalue weighted by molar-refractivity contribution is 5.98. The van der Waals surface area contributed by atoms with E-state index >= 15 is 0 Å². The highest BCUT2D eigenvalue weighted by atomic mass is 16.1. The maximum atomic E-state index is 12.6. The molecule has 0 spiro atoms. The maximum absolute atomic E-state index is 12.6. The predicted octanol–water partition coefficient (Wildman–Crippen LogP) is 4.67. The van der Waals surface area contributed by atoms with E-state index in [0.717, 1.165) is 52.4 Å². The Morgan fingerprint density at radius 1 is 1.09 bits per heavy atom. The second kappa shape index (κ2) is 9.26. The number of anilines is 1. The van der Waals surface area contributed by atoms with Crippen LogP contribution in [-0.4, -0.2) is 33.7 Å². The van der Waals surface area contributed by atoms with Crippen molar-refractivity contribution in [3.05, 3.63) is 53.7 Å². The third kappa shape index (κ3) is 4.79. The van der Waals surface area contributed by atoms with Gasteiger partial charge in [0.2, 0.25) is 5.95 Å². The molecule has 2 aliphatic rings. The van der Waals surface area contributed by atoms with Crippen LogP contribution >= 0.6 is 0 Å². The van der Waals surface area contributed by atoms with Crippen LogP contribution in [0.5, 0.6) is 0 Å². The van der Waals surface area contributed by atoms with E-state index in [0.29, 0.717) is 18.3 Å². The molecule has 6 nitrogen and oxygen atoms in total. The molecule has 2 saturated carbocycles. The zero-order valence-electron chi connectivity index (χ0n) is 19.3. The third-order valence-corrected chi connectivity index (χ3v) is 6.90. The lowest BCUT2D eigenvalue weighted by atomic mass is 9.95. The number of carbonyl (C=O) groups is 2. The highest BCUT2D eigenvalue weighted by Gasteiger charge is 2.29. The van der Waals surface area contributed by atoms with E-state index in [-0.39, 0.29) is 23.8 Å². The number of nitrogens with zero attached hydrogens (tertiary/aromatic N) is 2. The van der Waals surface area contributed by atoms with E-state index in [1.165, 1.54) is 12.8 Å². The number of aryl methyl sites for hydroxylation is 1. The number of benzene rings is 2. The molecule has 2 aliphatic carbocycles. The van der Waals surface area contributed by atoms with Crippen LogP contribution in [0.15, 0.2) is 42.6 Å². The van der Waals surface area contributed by atoms with Crippen LogP contribution in [0.1, 0.15) is 54.4 Å². The van der Waals surface area contributed by atoms with Crippen LogP contribution in [0.4, 0.5) is 5.95 Å². The van der Waals surface area contributed by atoms with Crippen molar-refractivity contribution >= 4 is 28.5 Å². The first kappa shape index (κ1) is 22.1. The summed E-state index contributed by atoms with van der Waals surface area (Å²) in [6.45, 7) is 2.06. The van der Waals surface area contributed by atoms with Crippen molar-refractivity contribution < 1.29 is 9.59 Å². The summed E-state index contributed by atoms with van der Waals surface area (Å²) < 4.78 is 0. The second-order valence-electron chi connectivity index (χ2n) is 9.47. The van der Waals surface area contributed by atoms with Crippen LogP contribution in [0.25, 0.3) is 22.0 Å². The van der Waals surface area contributed by atoms with Crippen molar-refractivity contribution in [2.75, 3.05) is 5.32 Å². The lowest BCUT2D eigenvalue weighted by molar-refractivity contribution is -0.116. The Morgan fingerprint density at radius 2 is 1.91 bits per heavy atom. The highest BCUT2D eigenvalue weighted by Crippen LogP contribution is 2.34. The lowest BCUT2D eigenvalue weighted by Gasteiger charge is -2.21. The molecule has 2 aromatic carbocycles. The summed E-state index contributed by atoms with van der Waals surface area (Å²) in [6, 6.07) is 12.1. The first-order chi connectivity index (χ1) is 16.5. The average Bonchev–Trinajstić information content (AvgIpc) is 3.56. The summed E-state index contributed by atoms with van der Waals surface area (Å²) in [5.41, 5.74) is 4.85. The number of hydrogen-bond acceptors (Lipinski definition) is 5. The zero-order chi connectivity index (χ0) is 23.7. The number of carbonyl (C=O) groups excluding carboxylic acids is 2. The molecule has 0 aliphatic heterocycles. The molecule has 0 unspecified atom stereocenters. The van der Waals surface area contributed by atoms with Gasteiger partial charge in [-0.25, -0.2) is 9.97 Å². The van der Waals surface area contributed by atoms with Gasteiger partial charge in [-0.3, -0.25) is 9.59 Å². The minimum Gasteiger partial charge on any atom is -0.349 e. The van der Waals surface area contributed by atoms with Gasteiger partial charge in [-0.15, -0.1) is 6.42 Å². The minimum absolute atomic E-state index is 0.0249. The van der Waals surface area contributed by atoms with Gasteiger partial charge < -0.3 is 10.6 Å². The van der Waals surface area contributed by atoms with E-state index in [1.54, 1.807) is 0 Å². The summed E-state index contributed by atoms with van der Waals surface area (Å²) in [4.78, 5) is 33.4. The predicted molar refractivity (Wildman–Crippen MR) is 133 cm³/mol. The number of ketones is 1. The molecule has 2 fully saturated rings. The zero-order valence-corrected chi connectivity index (χ0v) is 19.3. The lowest BCUT2D eigenvalue weighted by Crippen LogP contribution is -2.43. The Bertz CT molecular complexity index is 1310. The van der Waals surface area contributed by atoms with E-state index in [2.05, 4.69) is 39.5 Å². The number of nitrogens with one attached hydrogen (secondary N) is 2. The summed E-state index contributed by atoms with van der Waals surface area (Å²) in [5.74, 6) is 3.07. The van der Waals surface area contributed by atoms with Crippen molar-refractivity contribution in [3.8, 4) is 23.5 Å². The molecule has 1 amide bonds. The molecule has 0 bridgehead atoms. The molecule has 0 radical (unpaired) electrons. The van der Waals surface area contributed by atoms with Crippen LogP contribution in [0, 0.1) is 25.2 Å². The van der Waals surface area contributed by atoms with Gasteiger partial charge >= 0.3 is 0 Å². The van der Waals surface area contributed by atoms with Gasteiger partial charge in [0.05, 0.1) is 5.52 Å². The monoisotopic (exact) mass is 452 g/mol. The normalized spacial score (nSPS) is 19.5. The molecule has 2 N–H and O–H groups in total. The largest absolute Gasteiger partial charge is 0.349 e. The van der Waals surface area contributed by atoms with Crippen LogP contribution in [0.3, 0.4) is 0 Å². The molecule has 172 valence electrons. The number of fused-ring (bicyclic) bond motifs is 1. The maximum Gasteiger partial charge on any atom is 0.295 e. The number of amides is 1. The standard InChI is InChI=1S/C28H28N4O2/c1-3-27(34)30-24-5-4-6-25(24)32-28-29-16-21-14-19(11-12-23(21)31-28)22-15-20(10-7-17(22)2)26(33)13-18-8-9-18/h1,7,10-12,14-16,18,24-25H,4-6,8-9,13H2,2H3,(H,30,34)(H,29,31,32)/t24-,25+/m0/s1. The van der Waals surface area contributed by atoms with Crippen LogP contribution < -0.4 is 10.6 Å². The summed E-state index contributed by atoms with van der Waals surface area (Å²) in [7, 11) is 0. The summed E-state index contributed by atoms with van der Waals surface area (Å²) in [5, 5.41) is 7.17. The van der Waals surface area contributed by atoms with E-state index in [1.807, 2.05) is 36.5 Å². The Labute approximate surface area is 199 Å². The first-order valence-corrected chi connectivity index (χ1v) is 11.9. The Kier molecular flexibility index (Phi) is 6.02. The summed E-state index contributed by atoms with van der Waals surface area (Å²) >= 11 is 0. The van der Waals surface area contributed by atoms with Crippen LogP contribution in [-0.2, 0) is 4.79 Å². The van der Waals surface area contributed by atoms with E-state index in [9.17, 15) is 9.59 Å². The van der Waals surface area contributed by atoms with Crippen molar-refractivity contribution in [1.82, 2.24) is 15.3 Å². The molecule has 5 rings (SSSR count). The van der Waals surface area contributed by atoms with Gasteiger partial charge in [-0.1, -0.05) is 18.2 Å². The molecular formula is C28H28N4O2. The fourth-order valence-corrected chi connectivity index (χ4v) is 4.76. The molecule has 34 heavy (non-hydrogen) atoms. The topological polar surface area (TPSA) is 84.0 Å². The third-order valence-electron chi connectivity index (χ3n) is 6.90. The first-order valence-electron chi connectivity index (χ1n) is 11.9. The molecule has 3 aromatic rings. The molecule has 0 saturated heterocycles. The Hall–Kier alpha value is -3.72. The number of rotatable bonds is 7. The van der Waals surface area contributed by atoms with Crippen molar-refractivity contribution in [1.29, 1.82) is 0 Å². The average molecular weight is 453 g/mol. The number of terminal acetylenes is 1. The Morgan fingerprint density at radius 3 is 2.71 bits per heavy atom. The number of hydrogen-bond donors (Lipinski definition) is 2. The fraction of sp³-hybridized carbons (Fsp3) is 0.357. The Balaban J connectivity index is 1.36. The van der Waals surface area contributed by atoms with Crippen LogP contribution in [0.2, 0.25) is 0 Å². The molecular weight excluding hydrogens is 424 g/mol. The van der Waals surface area contributed by atoms with Crippen molar-refractivity contribution in [3.63, 3.8) is 0 Å². The van der Waals surface area contributed by atoms with Gasteiger partial charge in [0.15, 0.2) is 5.78 Å². The smallest absolute Gasteiger partial charge is 0.295 e. The molecule has 1 heterocycles. The van der Waals surface area contributed by atoms with Gasteiger partial charge in [-0.05, 0) is 85.8 Å². The number of aromatic nitrogens is 2. The van der Waals surface area contributed by atoms with Gasteiger partial charge in [0, 0.05) is 35.7 Å². The summed E-state index contributed by atoms with van der Waals surface area (Å²) in [6.07, 6.45) is 12.8. The minimum atomic E-state index is -0.390. The quantitative estimate of drug-likeness (QED) is 0.402. The van der Waals surface area contributed by atoms with Crippen molar-refractivity contribution in [2.45, 2.75) is 57.5 Å². The van der Waals surface area contributed by atoms with Gasteiger partial charge in [0.1, 0.15) is 0 Å². The fourth-order valence-electron chi connectivity index (χ4n) is 4.76.